The molecule has 0 aliphatic heterocycles. The van der Waals surface area contributed by atoms with Gasteiger partial charge in [-0.15, -0.1) is 0 Å². The summed E-state index contributed by atoms with van der Waals surface area (Å²) >= 11 is 6.09. The summed E-state index contributed by atoms with van der Waals surface area (Å²) in [6.07, 6.45) is 11.6. The third kappa shape index (κ3) is 7.09. The van der Waals surface area contributed by atoms with Crippen LogP contribution in [0.2, 0.25) is 5.02 Å². The second-order valence-electron chi connectivity index (χ2n) is 9.99. The van der Waals surface area contributed by atoms with Crippen LogP contribution in [0.1, 0.15) is 45.1 Å². The number of anilines is 1. The van der Waals surface area contributed by atoms with E-state index in [4.69, 9.17) is 21.7 Å². The Bertz CT molecular complexity index is 1160. The zero-order chi connectivity index (χ0) is 26.5. The van der Waals surface area contributed by atoms with E-state index >= 15 is 0 Å². The quantitative estimate of drug-likeness (QED) is 0.233. The van der Waals surface area contributed by atoms with E-state index in [2.05, 4.69) is 26.0 Å². The smallest absolute Gasteiger partial charge is 0.268 e. The molecule has 1 atom stereocenters. The van der Waals surface area contributed by atoms with Gasteiger partial charge in [0.1, 0.15) is 11.7 Å². The van der Waals surface area contributed by atoms with Crippen molar-refractivity contribution in [2.24, 2.45) is 17.8 Å². The fraction of sp³-hybridized carbons (Fsp3) is 0.500. The summed E-state index contributed by atoms with van der Waals surface area (Å²) in [5, 5.41) is 21.3. The van der Waals surface area contributed by atoms with E-state index in [0.717, 1.165) is 37.5 Å². The van der Waals surface area contributed by atoms with Crippen LogP contribution in [0.15, 0.2) is 36.4 Å². The Morgan fingerprint density at radius 1 is 1.22 bits per heavy atom. The van der Waals surface area contributed by atoms with Gasteiger partial charge in [0.05, 0.1) is 30.6 Å². The van der Waals surface area contributed by atoms with Crippen molar-refractivity contribution in [2.75, 3.05) is 12.4 Å². The summed E-state index contributed by atoms with van der Waals surface area (Å²) in [6, 6.07) is 1.08. The highest BCUT2D eigenvalue weighted by atomic mass is 35.5. The molecular weight excluding hydrogens is 494 g/mol. The first kappa shape index (κ1) is 26.7. The normalized spacial score (nSPS) is 16.4. The number of hydrogen-bond donors (Lipinski definition) is 4. The molecule has 11 heteroatoms. The molecule has 2 aromatic heterocycles. The molecule has 0 spiro atoms. The minimum Gasteiger partial charge on any atom is -0.481 e. The van der Waals surface area contributed by atoms with Gasteiger partial charge in [-0.25, -0.2) is 4.98 Å². The molecule has 2 saturated carbocycles. The Balaban J connectivity index is 1.50. The van der Waals surface area contributed by atoms with Crippen LogP contribution in [-0.4, -0.2) is 52.0 Å². The van der Waals surface area contributed by atoms with Crippen molar-refractivity contribution in [1.82, 2.24) is 25.4 Å². The maximum absolute atomic E-state index is 13.6. The maximum atomic E-state index is 13.6. The van der Waals surface area contributed by atoms with E-state index in [1.807, 2.05) is 13.8 Å². The van der Waals surface area contributed by atoms with Crippen molar-refractivity contribution in [3.8, 4) is 5.88 Å². The molecule has 37 heavy (non-hydrogen) atoms. The van der Waals surface area contributed by atoms with Gasteiger partial charge in [-0.05, 0) is 69.4 Å². The summed E-state index contributed by atoms with van der Waals surface area (Å²) in [4.78, 5) is 30.9. The lowest BCUT2D eigenvalue weighted by Gasteiger charge is -2.28. The third-order valence-electron chi connectivity index (χ3n) is 6.54. The van der Waals surface area contributed by atoms with E-state index in [1.54, 1.807) is 30.3 Å². The lowest BCUT2D eigenvalue weighted by molar-refractivity contribution is -0.126. The molecule has 1 unspecified atom stereocenters. The van der Waals surface area contributed by atoms with Gasteiger partial charge in [-0.3, -0.25) is 14.3 Å². The average Bonchev–Trinajstić information content (AvgIpc) is 3.79. The number of pyridine rings is 1. The first-order chi connectivity index (χ1) is 17.8. The molecule has 2 aromatic rings. The van der Waals surface area contributed by atoms with Gasteiger partial charge >= 0.3 is 0 Å². The molecule has 0 radical (unpaired) electrons. The number of ether oxygens (including phenoxy) is 1. The number of allylic oxidation sites excluding steroid dienone is 1. The molecule has 4 N–H and O–H groups in total. The Morgan fingerprint density at radius 2 is 1.92 bits per heavy atom. The lowest BCUT2D eigenvalue weighted by Crippen LogP contribution is -2.51. The van der Waals surface area contributed by atoms with Crippen molar-refractivity contribution in [3.05, 3.63) is 47.0 Å². The van der Waals surface area contributed by atoms with Gasteiger partial charge in [0, 0.05) is 30.2 Å². The molecule has 0 aromatic carbocycles. The number of methoxy groups -OCH3 is 1. The van der Waals surface area contributed by atoms with Crippen LogP contribution in [0.3, 0.4) is 0 Å². The molecular formula is C26H34ClN7O3. The van der Waals surface area contributed by atoms with E-state index in [-0.39, 0.29) is 29.5 Å². The molecule has 10 nitrogen and oxygen atoms in total. The summed E-state index contributed by atoms with van der Waals surface area (Å²) < 4.78 is 6.97. The Morgan fingerprint density at radius 3 is 2.51 bits per heavy atom. The minimum atomic E-state index is -0.684. The summed E-state index contributed by atoms with van der Waals surface area (Å²) in [5.41, 5.74) is 1.55. The highest BCUT2D eigenvalue weighted by molar-refractivity contribution is 6.30. The summed E-state index contributed by atoms with van der Waals surface area (Å²) in [6.45, 7) is 4.19. The van der Waals surface area contributed by atoms with E-state index in [9.17, 15) is 9.59 Å². The van der Waals surface area contributed by atoms with Gasteiger partial charge in [0.15, 0.2) is 0 Å². The summed E-state index contributed by atoms with van der Waals surface area (Å²) in [5.74, 6) is 0.747. The number of rotatable bonds is 13. The van der Waals surface area contributed by atoms with Crippen molar-refractivity contribution in [3.63, 3.8) is 0 Å². The predicted molar refractivity (Wildman–Crippen MR) is 142 cm³/mol. The number of aromatic nitrogens is 3. The van der Waals surface area contributed by atoms with E-state index in [1.165, 1.54) is 12.3 Å². The number of carbonyl (C=O) groups is 2. The number of amides is 2. The van der Waals surface area contributed by atoms with Gasteiger partial charge < -0.3 is 26.1 Å². The maximum Gasteiger partial charge on any atom is 0.268 e. The Labute approximate surface area is 221 Å². The topological polar surface area (TPSA) is 134 Å². The Hall–Kier alpha value is -3.40. The van der Waals surface area contributed by atoms with Crippen LogP contribution in [0.4, 0.5) is 5.69 Å². The van der Waals surface area contributed by atoms with Crippen LogP contribution < -0.4 is 20.7 Å². The van der Waals surface area contributed by atoms with Crippen molar-refractivity contribution in [2.45, 2.75) is 58.2 Å². The zero-order valence-corrected chi connectivity index (χ0v) is 22.1. The highest BCUT2D eigenvalue weighted by Crippen LogP contribution is 2.50. The molecule has 2 aliphatic rings. The van der Waals surface area contributed by atoms with Gasteiger partial charge in [-0.2, -0.15) is 5.10 Å². The molecule has 2 heterocycles. The van der Waals surface area contributed by atoms with Crippen molar-refractivity contribution >= 4 is 35.3 Å². The van der Waals surface area contributed by atoms with Gasteiger partial charge in [-0.1, -0.05) is 11.6 Å². The fourth-order valence-electron chi connectivity index (χ4n) is 4.71. The lowest BCUT2D eigenvalue weighted by atomic mass is 9.88. The molecule has 0 bridgehead atoms. The zero-order valence-electron chi connectivity index (χ0n) is 21.3. The second kappa shape index (κ2) is 11.8. The van der Waals surface area contributed by atoms with Crippen molar-refractivity contribution < 1.29 is 14.3 Å². The molecule has 2 aliphatic carbocycles. The predicted octanol–water partition coefficient (Wildman–Crippen LogP) is 3.38. The second-order valence-corrected chi connectivity index (χ2v) is 10.4. The number of halogens is 1. The average molecular weight is 528 g/mol. The molecule has 2 fully saturated rings. The number of carbonyl (C=O) groups excluding carboxylic acids is 2. The highest BCUT2D eigenvalue weighted by Gasteiger charge is 2.48. The monoisotopic (exact) mass is 527 g/mol. The van der Waals surface area contributed by atoms with E-state index < -0.39 is 6.04 Å². The van der Waals surface area contributed by atoms with Crippen LogP contribution >= 0.6 is 11.6 Å². The molecule has 2 amide bonds. The van der Waals surface area contributed by atoms with Crippen LogP contribution in [0, 0.1) is 23.2 Å². The molecule has 198 valence electrons. The fourth-order valence-corrected chi connectivity index (χ4v) is 4.89. The number of hydrogen-bond acceptors (Lipinski definition) is 7. The Kier molecular flexibility index (Phi) is 8.48. The first-order valence-electron chi connectivity index (χ1n) is 12.6. The number of nitrogens with zero attached hydrogens (tertiary/aromatic N) is 3. The van der Waals surface area contributed by atoms with Crippen LogP contribution in [-0.2, 0) is 16.1 Å². The van der Waals surface area contributed by atoms with Gasteiger partial charge in [0.25, 0.3) is 5.91 Å². The third-order valence-corrected chi connectivity index (χ3v) is 6.75. The minimum absolute atomic E-state index is 0.00560. The first-order valence-corrected chi connectivity index (χ1v) is 13.0. The van der Waals surface area contributed by atoms with Crippen LogP contribution in [0.25, 0.3) is 0 Å². The van der Waals surface area contributed by atoms with E-state index in [0.29, 0.717) is 35.0 Å². The molecule has 4 rings (SSSR count). The number of nitrogens with one attached hydrogen (secondary N) is 4. The van der Waals surface area contributed by atoms with Crippen molar-refractivity contribution in [1.29, 1.82) is 5.41 Å². The SMILES string of the molecule is COc1ncc(Cl)cc1Cn1cc(NC(=O)C(NC(=O)/C(=C/C=N)NC(C)C)C(C2CC2)C2CC2)cn1. The summed E-state index contributed by atoms with van der Waals surface area (Å²) in [7, 11) is 1.54. The standard InChI is InChI=1S/C26H34ClN7O3/c1-15(2)31-21(8-9-28)24(35)33-23(22(16-4-5-16)17-6-7-17)25(36)32-20-12-30-34(14-20)13-18-10-19(27)11-29-26(18)37-3/h8-12,14-17,22-23,28,31H,4-7,13H2,1-3H3,(H,32,36)(H,33,35)/b21-8-,28-9?. The molecule has 0 saturated heterocycles. The van der Waals surface area contributed by atoms with Crippen LogP contribution in [0.5, 0.6) is 5.88 Å². The largest absolute Gasteiger partial charge is 0.481 e. The van der Waals surface area contributed by atoms with Gasteiger partial charge in [0.2, 0.25) is 11.8 Å².